The maximum Gasteiger partial charge on any atom is 0.231 e. The fourth-order valence-corrected chi connectivity index (χ4v) is 2.79. The van der Waals surface area contributed by atoms with Crippen LogP contribution in [-0.2, 0) is 5.41 Å². The van der Waals surface area contributed by atoms with E-state index < -0.39 is 0 Å². The Morgan fingerprint density at radius 2 is 1.59 bits per heavy atom. The zero-order chi connectivity index (χ0) is 18.9. The van der Waals surface area contributed by atoms with Crippen molar-refractivity contribution in [2.75, 3.05) is 17.4 Å². The molecule has 0 saturated carbocycles. The van der Waals surface area contributed by atoms with Crippen LogP contribution in [0, 0.1) is 0 Å². The van der Waals surface area contributed by atoms with Crippen molar-refractivity contribution >= 4 is 23.1 Å². The van der Waals surface area contributed by atoms with Gasteiger partial charge in [-0.3, -0.25) is 0 Å². The molecule has 6 heteroatoms. The Morgan fingerprint density at radius 1 is 0.852 bits per heavy atom. The normalized spacial score (nSPS) is 12.7. The van der Waals surface area contributed by atoms with Crippen LogP contribution in [-0.4, -0.2) is 16.8 Å². The molecule has 0 radical (unpaired) electrons. The molecule has 3 aromatic rings. The van der Waals surface area contributed by atoms with E-state index in [0.717, 1.165) is 22.9 Å². The number of fused-ring (bicyclic) bond motifs is 1. The highest BCUT2D eigenvalue weighted by molar-refractivity contribution is 5.62. The van der Waals surface area contributed by atoms with Gasteiger partial charge in [-0.25, -0.2) is 4.98 Å². The molecule has 138 valence electrons. The van der Waals surface area contributed by atoms with E-state index in [4.69, 9.17) is 9.47 Å². The van der Waals surface area contributed by atoms with Crippen LogP contribution in [0.4, 0.5) is 23.1 Å². The summed E-state index contributed by atoms with van der Waals surface area (Å²) < 4.78 is 10.7. The first-order valence-corrected chi connectivity index (χ1v) is 8.85. The topological polar surface area (TPSA) is 68.3 Å². The third kappa shape index (κ3) is 3.95. The molecule has 0 unspecified atom stereocenters. The molecule has 0 saturated heterocycles. The minimum Gasteiger partial charge on any atom is -0.454 e. The van der Waals surface area contributed by atoms with E-state index in [2.05, 4.69) is 65.6 Å². The maximum atomic E-state index is 5.40. The molecule has 2 heterocycles. The zero-order valence-corrected chi connectivity index (χ0v) is 15.6. The van der Waals surface area contributed by atoms with Crippen LogP contribution >= 0.6 is 0 Å². The summed E-state index contributed by atoms with van der Waals surface area (Å²) in [5.41, 5.74) is 3.25. The van der Waals surface area contributed by atoms with Crippen LogP contribution < -0.4 is 20.1 Å². The number of benzene rings is 2. The Hall–Kier alpha value is -3.28. The van der Waals surface area contributed by atoms with Gasteiger partial charge in [0.25, 0.3) is 0 Å². The van der Waals surface area contributed by atoms with Gasteiger partial charge in [-0.15, -0.1) is 0 Å². The second-order valence-corrected chi connectivity index (χ2v) is 7.41. The lowest BCUT2D eigenvalue weighted by Crippen LogP contribution is -2.10. The number of nitrogens with zero attached hydrogens (tertiary/aromatic N) is 2. The minimum atomic E-state index is 0.134. The van der Waals surface area contributed by atoms with Gasteiger partial charge in [-0.05, 0) is 41.3 Å². The molecule has 0 atom stereocenters. The van der Waals surface area contributed by atoms with Gasteiger partial charge in [0.05, 0.1) is 0 Å². The number of ether oxygens (including phenoxy) is 2. The molecule has 1 aliphatic heterocycles. The SMILES string of the molecule is CC(C)(C)c1ccc(Nc2ccnc(Nc3ccc4c(c3)OCO4)n2)cc1. The molecule has 1 aliphatic rings. The number of rotatable bonds is 4. The van der Waals surface area contributed by atoms with E-state index in [1.54, 1.807) is 6.20 Å². The fraction of sp³-hybridized carbons (Fsp3) is 0.238. The van der Waals surface area contributed by atoms with Gasteiger partial charge in [0.2, 0.25) is 12.7 Å². The van der Waals surface area contributed by atoms with Crippen molar-refractivity contribution in [1.29, 1.82) is 0 Å². The molecule has 6 nitrogen and oxygen atoms in total. The molecular formula is C21H22N4O2. The molecule has 0 bridgehead atoms. The van der Waals surface area contributed by atoms with Gasteiger partial charge in [-0.1, -0.05) is 32.9 Å². The first kappa shape index (κ1) is 17.1. The summed E-state index contributed by atoms with van der Waals surface area (Å²) in [5, 5.41) is 6.51. The maximum absolute atomic E-state index is 5.40. The predicted octanol–water partition coefficient (Wildman–Crippen LogP) is 4.99. The number of anilines is 4. The van der Waals surface area contributed by atoms with Crippen LogP contribution in [0.1, 0.15) is 26.3 Å². The van der Waals surface area contributed by atoms with Crippen LogP contribution in [0.5, 0.6) is 11.5 Å². The molecule has 0 spiro atoms. The predicted molar refractivity (Wildman–Crippen MR) is 106 cm³/mol. The third-order valence-corrected chi connectivity index (χ3v) is 4.31. The Kier molecular flexibility index (Phi) is 4.32. The zero-order valence-electron chi connectivity index (χ0n) is 15.6. The van der Waals surface area contributed by atoms with E-state index in [-0.39, 0.29) is 12.2 Å². The van der Waals surface area contributed by atoms with Crippen LogP contribution in [0.15, 0.2) is 54.7 Å². The largest absolute Gasteiger partial charge is 0.454 e. The van der Waals surface area contributed by atoms with E-state index in [1.165, 1.54) is 5.56 Å². The van der Waals surface area contributed by atoms with Gasteiger partial charge in [-0.2, -0.15) is 4.98 Å². The summed E-state index contributed by atoms with van der Waals surface area (Å²) in [6.07, 6.45) is 1.72. The molecule has 2 N–H and O–H groups in total. The second kappa shape index (κ2) is 6.79. The highest BCUT2D eigenvalue weighted by Crippen LogP contribution is 2.34. The van der Waals surface area contributed by atoms with E-state index >= 15 is 0 Å². The third-order valence-electron chi connectivity index (χ3n) is 4.31. The van der Waals surface area contributed by atoms with E-state index in [1.807, 2.05) is 24.3 Å². The molecule has 0 fully saturated rings. The Labute approximate surface area is 158 Å². The summed E-state index contributed by atoms with van der Waals surface area (Å²) >= 11 is 0. The number of nitrogens with one attached hydrogen (secondary N) is 2. The first-order chi connectivity index (χ1) is 13.0. The van der Waals surface area contributed by atoms with Crippen molar-refractivity contribution in [2.24, 2.45) is 0 Å². The molecule has 1 aromatic heterocycles. The summed E-state index contributed by atoms with van der Waals surface area (Å²) in [6, 6.07) is 15.9. The Bertz CT molecular complexity index is 949. The fourth-order valence-electron chi connectivity index (χ4n) is 2.79. The molecule has 0 amide bonds. The summed E-state index contributed by atoms with van der Waals surface area (Å²) in [6.45, 7) is 6.86. The lowest BCUT2D eigenvalue weighted by Gasteiger charge is -2.19. The summed E-state index contributed by atoms with van der Waals surface area (Å²) in [4.78, 5) is 8.80. The Balaban J connectivity index is 1.47. The van der Waals surface area contributed by atoms with Crippen molar-refractivity contribution < 1.29 is 9.47 Å². The minimum absolute atomic E-state index is 0.134. The highest BCUT2D eigenvalue weighted by Gasteiger charge is 2.14. The first-order valence-electron chi connectivity index (χ1n) is 8.85. The summed E-state index contributed by atoms with van der Waals surface area (Å²) in [5.74, 6) is 2.69. The van der Waals surface area contributed by atoms with Crippen molar-refractivity contribution in [3.05, 3.63) is 60.3 Å². The highest BCUT2D eigenvalue weighted by atomic mass is 16.7. The average molecular weight is 362 g/mol. The standard InChI is InChI=1S/C21H22N4O2/c1-21(2,3)14-4-6-15(7-5-14)23-19-10-11-22-20(25-19)24-16-8-9-17-18(12-16)27-13-26-17/h4-12H,13H2,1-3H3,(H2,22,23,24,25). The summed E-state index contributed by atoms with van der Waals surface area (Å²) in [7, 11) is 0. The number of aromatic nitrogens is 2. The number of hydrogen-bond donors (Lipinski definition) is 2. The van der Waals surface area contributed by atoms with Gasteiger partial charge in [0, 0.05) is 23.6 Å². The molecule has 27 heavy (non-hydrogen) atoms. The van der Waals surface area contributed by atoms with E-state index in [9.17, 15) is 0 Å². The monoisotopic (exact) mass is 362 g/mol. The van der Waals surface area contributed by atoms with Gasteiger partial charge in [0.15, 0.2) is 11.5 Å². The lowest BCUT2D eigenvalue weighted by molar-refractivity contribution is 0.174. The second-order valence-electron chi connectivity index (χ2n) is 7.41. The van der Waals surface area contributed by atoms with Crippen LogP contribution in [0.25, 0.3) is 0 Å². The van der Waals surface area contributed by atoms with Gasteiger partial charge in [0.1, 0.15) is 5.82 Å². The van der Waals surface area contributed by atoms with Crippen molar-refractivity contribution in [2.45, 2.75) is 26.2 Å². The lowest BCUT2D eigenvalue weighted by atomic mass is 9.87. The molecular weight excluding hydrogens is 340 g/mol. The molecule has 0 aliphatic carbocycles. The van der Waals surface area contributed by atoms with E-state index in [0.29, 0.717) is 11.7 Å². The quantitative estimate of drug-likeness (QED) is 0.681. The van der Waals surface area contributed by atoms with Crippen molar-refractivity contribution in [1.82, 2.24) is 9.97 Å². The van der Waals surface area contributed by atoms with Crippen molar-refractivity contribution in [3.8, 4) is 11.5 Å². The number of hydrogen-bond acceptors (Lipinski definition) is 6. The van der Waals surface area contributed by atoms with Crippen LogP contribution in [0.3, 0.4) is 0 Å². The molecule has 2 aromatic carbocycles. The van der Waals surface area contributed by atoms with Gasteiger partial charge >= 0.3 is 0 Å². The van der Waals surface area contributed by atoms with Crippen molar-refractivity contribution in [3.63, 3.8) is 0 Å². The smallest absolute Gasteiger partial charge is 0.231 e. The average Bonchev–Trinajstić information content (AvgIpc) is 3.09. The Morgan fingerprint density at radius 3 is 2.37 bits per heavy atom. The van der Waals surface area contributed by atoms with Gasteiger partial charge < -0.3 is 20.1 Å². The van der Waals surface area contributed by atoms with Crippen LogP contribution in [0.2, 0.25) is 0 Å². The molecule has 4 rings (SSSR count).